The van der Waals surface area contributed by atoms with E-state index in [1.165, 1.54) is 41.3 Å². The molecule has 2 aromatic carbocycles. The minimum Gasteiger partial charge on any atom is -0.493 e. The van der Waals surface area contributed by atoms with Crippen LogP contribution in [0.1, 0.15) is 48.9 Å². The lowest BCUT2D eigenvalue weighted by atomic mass is 9.90. The molecule has 0 radical (unpaired) electrons. The molecule has 1 aliphatic carbocycles. The number of amides is 1. The quantitative estimate of drug-likeness (QED) is 0.628. The number of fused-ring (bicyclic) bond motifs is 2. The van der Waals surface area contributed by atoms with E-state index in [4.69, 9.17) is 9.73 Å². The van der Waals surface area contributed by atoms with Gasteiger partial charge in [0.15, 0.2) is 5.17 Å². The third-order valence-electron chi connectivity index (χ3n) is 5.80. The van der Waals surface area contributed by atoms with Gasteiger partial charge in [-0.1, -0.05) is 18.2 Å². The normalized spacial score (nSPS) is 20.8. The zero-order valence-corrected chi connectivity index (χ0v) is 18.3. The van der Waals surface area contributed by atoms with E-state index in [1.54, 1.807) is 0 Å². The molecule has 1 saturated heterocycles. The number of benzene rings is 2. The van der Waals surface area contributed by atoms with Crippen molar-refractivity contribution in [2.75, 3.05) is 11.5 Å². The van der Waals surface area contributed by atoms with Crippen molar-refractivity contribution in [3.63, 3.8) is 0 Å². The summed E-state index contributed by atoms with van der Waals surface area (Å²) >= 11 is 1.49. The van der Waals surface area contributed by atoms with E-state index < -0.39 is 0 Å². The van der Waals surface area contributed by atoms with Gasteiger partial charge in [0, 0.05) is 12.5 Å². The van der Waals surface area contributed by atoms with Crippen molar-refractivity contribution in [2.24, 2.45) is 4.99 Å². The molecule has 154 valence electrons. The Kier molecular flexibility index (Phi) is 5.15. The average molecular weight is 419 g/mol. The van der Waals surface area contributed by atoms with Gasteiger partial charge in [0.1, 0.15) is 5.75 Å². The van der Waals surface area contributed by atoms with Crippen LogP contribution in [0.4, 0.5) is 5.69 Å². The Morgan fingerprint density at radius 3 is 2.83 bits per heavy atom. The van der Waals surface area contributed by atoms with E-state index in [0.29, 0.717) is 0 Å². The van der Waals surface area contributed by atoms with Crippen LogP contribution >= 0.6 is 11.8 Å². The van der Waals surface area contributed by atoms with Gasteiger partial charge in [-0.15, -0.1) is 0 Å². The van der Waals surface area contributed by atoms with Gasteiger partial charge in [-0.05, 0) is 97.8 Å². The van der Waals surface area contributed by atoms with Crippen LogP contribution in [0.15, 0.2) is 46.3 Å². The molecule has 0 saturated carbocycles. The highest BCUT2D eigenvalue weighted by Crippen LogP contribution is 2.40. The van der Waals surface area contributed by atoms with E-state index >= 15 is 0 Å². The zero-order valence-electron chi connectivity index (χ0n) is 17.5. The topological polar surface area (TPSA) is 41.9 Å². The number of carbonyl (C=O) groups is 1. The first-order valence-electron chi connectivity index (χ1n) is 10.8. The molecule has 2 aromatic rings. The van der Waals surface area contributed by atoms with Crippen molar-refractivity contribution < 1.29 is 9.53 Å². The zero-order chi connectivity index (χ0) is 20.7. The minimum absolute atomic E-state index is 0.0233. The third-order valence-corrected chi connectivity index (χ3v) is 6.78. The molecule has 5 rings (SSSR count). The second-order valence-corrected chi connectivity index (χ2v) is 9.35. The van der Waals surface area contributed by atoms with Crippen molar-refractivity contribution in [1.29, 1.82) is 0 Å². The maximum atomic E-state index is 13.6. The van der Waals surface area contributed by atoms with Gasteiger partial charge < -0.3 is 4.74 Å². The number of anilines is 1. The van der Waals surface area contributed by atoms with E-state index in [9.17, 15) is 4.79 Å². The maximum absolute atomic E-state index is 13.6. The SMILES string of the molecule is CC(C)/N=C1\S/C(=C\c2ccc3c(c2)CCO3)C(=O)N1c1cccc2c1CCCC2. The number of aliphatic imine (C=N–C) groups is 1. The first kappa shape index (κ1) is 19.4. The second kappa shape index (κ2) is 7.95. The van der Waals surface area contributed by atoms with Crippen molar-refractivity contribution in [3.8, 4) is 5.75 Å². The summed E-state index contributed by atoms with van der Waals surface area (Å²) in [7, 11) is 0. The smallest absolute Gasteiger partial charge is 0.271 e. The van der Waals surface area contributed by atoms with Crippen LogP contribution in [0.2, 0.25) is 0 Å². The number of amidine groups is 1. The summed E-state index contributed by atoms with van der Waals surface area (Å²) in [6, 6.07) is 12.6. The van der Waals surface area contributed by atoms with Gasteiger partial charge in [0.05, 0.1) is 17.2 Å². The van der Waals surface area contributed by atoms with Crippen molar-refractivity contribution >= 4 is 34.6 Å². The molecule has 1 amide bonds. The number of hydrogen-bond acceptors (Lipinski definition) is 4. The first-order chi connectivity index (χ1) is 14.6. The molecule has 0 unspecified atom stereocenters. The fraction of sp³-hybridized carbons (Fsp3) is 0.360. The highest BCUT2D eigenvalue weighted by atomic mass is 32.2. The van der Waals surface area contributed by atoms with Crippen LogP contribution in [0.5, 0.6) is 5.75 Å². The molecule has 0 N–H and O–H groups in total. The van der Waals surface area contributed by atoms with Crippen LogP contribution in [0, 0.1) is 0 Å². The van der Waals surface area contributed by atoms with Gasteiger partial charge in [0.25, 0.3) is 5.91 Å². The number of carbonyl (C=O) groups excluding carboxylic acids is 1. The molecule has 0 atom stereocenters. The molecule has 0 spiro atoms. The molecule has 3 aliphatic rings. The molecule has 30 heavy (non-hydrogen) atoms. The maximum Gasteiger partial charge on any atom is 0.271 e. The Morgan fingerprint density at radius 2 is 1.97 bits per heavy atom. The fourth-order valence-electron chi connectivity index (χ4n) is 4.41. The molecule has 2 heterocycles. The van der Waals surface area contributed by atoms with Crippen molar-refractivity contribution in [2.45, 2.75) is 52.0 Å². The summed E-state index contributed by atoms with van der Waals surface area (Å²) in [5.74, 6) is 0.984. The molecular weight excluding hydrogens is 392 g/mol. The number of thioether (sulfide) groups is 1. The Hall–Kier alpha value is -2.53. The summed E-state index contributed by atoms with van der Waals surface area (Å²) < 4.78 is 5.61. The van der Waals surface area contributed by atoms with Crippen LogP contribution in [-0.4, -0.2) is 23.7 Å². The van der Waals surface area contributed by atoms with Crippen LogP contribution in [0.3, 0.4) is 0 Å². The Bertz CT molecular complexity index is 1070. The fourth-order valence-corrected chi connectivity index (χ4v) is 5.52. The van der Waals surface area contributed by atoms with Crippen molar-refractivity contribution in [1.82, 2.24) is 0 Å². The van der Waals surface area contributed by atoms with Gasteiger partial charge in [-0.25, -0.2) is 0 Å². The van der Waals surface area contributed by atoms with Crippen molar-refractivity contribution in [3.05, 3.63) is 63.6 Å². The standard InChI is InChI=1S/C25H26N2O2S/c1-16(2)26-25-27(21-9-5-7-18-6-3-4-8-20(18)21)24(28)23(30-25)15-17-10-11-22-19(14-17)12-13-29-22/h5,7,9-11,14-16H,3-4,6,8,12-13H2,1-2H3/b23-15-,26-25-. The Balaban J connectivity index is 1.55. The largest absolute Gasteiger partial charge is 0.493 e. The van der Waals surface area contributed by atoms with Crippen LogP contribution < -0.4 is 9.64 Å². The summed E-state index contributed by atoms with van der Waals surface area (Å²) in [5.41, 5.74) is 5.94. The van der Waals surface area contributed by atoms with Gasteiger partial charge in [-0.2, -0.15) is 0 Å². The minimum atomic E-state index is 0.0233. The number of rotatable bonds is 3. The lowest BCUT2D eigenvalue weighted by Gasteiger charge is -2.24. The molecule has 1 fully saturated rings. The monoisotopic (exact) mass is 418 g/mol. The summed E-state index contributed by atoms with van der Waals surface area (Å²) in [5, 5.41) is 0.782. The number of aryl methyl sites for hydroxylation is 1. The Labute approximate surface area is 182 Å². The molecule has 0 aromatic heterocycles. The Morgan fingerprint density at radius 1 is 1.10 bits per heavy atom. The molecule has 5 heteroatoms. The summed E-state index contributed by atoms with van der Waals surface area (Å²) in [4.78, 5) is 20.9. The highest BCUT2D eigenvalue weighted by molar-refractivity contribution is 8.19. The lowest BCUT2D eigenvalue weighted by molar-refractivity contribution is -0.113. The molecular formula is C25H26N2O2S. The third kappa shape index (κ3) is 3.56. The average Bonchev–Trinajstić information content (AvgIpc) is 3.31. The van der Waals surface area contributed by atoms with E-state index in [1.807, 2.05) is 23.1 Å². The van der Waals surface area contributed by atoms with Gasteiger partial charge in [-0.3, -0.25) is 14.7 Å². The second-order valence-electron chi connectivity index (χ2n) is 8.34. The first-order valence-corrected chi connectivity index (χ1v) is 11.6. The van der Waals surface area contributed by atoms with E-state index in [-0.39, 0.29) is 11.9 Å². The summed E-state index contributed by atoms with van der Waals surface area (Å²) in [6.07, 6.45) is 7.44. The lowest BCUT2D eigenvalue weighted by Crippen LogP contribution is -2.31. The highest BCUT2D eigenvalue weighted by Gasteiger charge is 2.36. The number of hydrogen-bond donors (Lipinski definition) is 0. The van der Waals surface area contributed by atoms with Gasteiger partial charge >= 0.3 is 0 Å². The molecule has 2 aliphatic heterocycles. The number of nitrogens with zero attached hydrogens (tertiary/aromatic N) is 2. The molecule has 4 nitrogen and oxygen atoms in total. The molecule has 0 bridgehead atoms. The number of ether oxygens (including phenoxy) is 1. The van der Waals surface area contributed by atoms with Gasteiger partial charge in [0.2, 0.25) is 0 Å². The van der Waals surface area contributed by atoms with Crippen LogP contribution in [-0.2, 0) is 24.1 Å². The van der Waals surface area contributed by atoms with E-state index in [2.05, 4.69) is 38.1 Å². The van der Waals surface area contributed by atoms with E-state index in [0.717, 1.165) is 52.9 Å². The summed E-state index contributed by atoms with van der Waals surface area (Å²) in [6.45, 7) is 4.85. The predicted octanol–water partition coefficient (Wildman–Crippen LogP) is 5.39. The predicted molar refractivity (Wildman–Crippen MR) is 124 cm³/mol. The van der Waals surface area contributed by atoms with Crippen LogP contribution in [0.25, 0.3) is 6.08 Å².